The van der Waals surface area contributed by atoms with E-state index in [1.54, 1.807) is 24.4 Å². The second-order valence-electron chi connectivity index (χ2n) is 4.92. The lowest BCUT2D eigenvalue weighted by Crippen LogP contribution is -2.51. The first kappa shape index (κ1) is 13.3. The minimum Gasteiger partial charge on any atom is -0.398 e. The molecule has 6 nitrogen and oxygen atoms in total. The lowest BCUT2D eigenvalue weighted by atomic mass is 10.1. The van der Waals surface area contributed by atoms with Crippen LogP contribution in [0, 0.1) is 5.92 Å². The van der Waals surface area contributed by atoms with Crippen LogP contribution in [0.5, 0.6) is 0 Å². The zero-order valence-corrected chi connectivity index (χ0v) is 11.5. The number of aliphatic hydroxyl groups is 1. The van der Waals surface area contributed by atoms with Crippen LogP contribution in [0.2, 0.25) is 0 Å². The summed E-state index contributed by atoms with van der Waals surface area (Å²) in [5, 5.41) is 9.63. The highest BCUT2D eigenvalue weighted by atomic mass is 32.2. The Morgan fingerprint density at radius 3 is 2.80 bits per heavy atom. The van der Waals surface area contributed by atoms with Crippen molar-refractivity contribution in [2.24, 2.45) is 5.92 Å². The molecule has 0 amide bonds. The fourth-order valence-corrected chi connectivity index (χ4v) is 4.09. The standard InChI is InChI=1S/C13H15N3O3S/c14-11-3-4-12(13-10(11)2-1-5-15-13)20(18,19)16-6-9(7-16)8-17/h1-5,9,17H,6-8,14H2. The number of rotatable bonds is 3. The first-order valence-electron chi connectivity index (χ1n) is 6.28. The number of anilines is 1. The van der Waals surface area contributed by atoms with Gasteiger partial charge in [-0.2, -0.15) is 4.31 Å². The fourth-order valence-electron chi connectivity index (χ4n) is 2.35. The van der Waals surface area contributed by atoms with Gasteiger partial charge in [-0.05, 0) is 24.3 Å². The number of hydrogen-bond donors (Lipinski definition) is 2. The molecule has 3 N–H and O–H groups in total. The van der Waals surface area contributed by atoms with Gasteiger partial charge in [-0.1, -0.05) is 0 Å². The number of sulfonamides is 1. The van der Waals surface area contributed by atoms with Crippen LogP contribution in [-0.4, -0.2) is 42.5 Å². The van der Waals surface area contributed by atoms with Gasteiger partial charge in [0.05, 0.1) is 5.52 Å². The number of aromatic nitrogens is 1. The average molecular weight is 293 g/mol. The maximum Gasteiger partial charge on any atom is 0.245 e. The SMILES string of the molecule is Nc1ccc(S(=O)(=O)N2CC(CO)C2)c2ncccc12. The summed E-state index contributed by atoms with van der Waals surface area (Å²) < 4.78 is 26.5. The van der Waals surface area contributed by atoms with Crippen molar-refractivity contribution in [3.8, 4) is 0 Å². The Bertz CT molecular complexity index is 755. The molecule has 1 aromatic carbocycles. The van der Waals surface area contributed by atoms with Crippen LogP contribution in [0.25, 0.3) is 10.9 Å². The van der Waals surface area contributed by atoms with E-state index in [1.165, 1.54) is 10.4 Å². The highest BCUT2D eigenvalue weighted by molar-refractivity contribution is 7.89. The molecule has 1 fully saturated rings. The van der Waals surface area contributed by atoms with Crippen molar-refractivity contribution in [3.63, 3.8) is 0 Å². The maximum absolute atomic E-state index is 12.6. The van der Waals surface area contributed by atoms with Crippen molar-refractivity contribution < 1.29 is 13.5 Å². The Morgan fingerprint density at radius 2 is 2.10 bits per heavy atom. The Hall–Kier alpha value is -1.70. The van der Waals surface area contributed by atoms with Crippen LogP contribution in [0.4, 0.5) is 5.69 Å². The molecule has 2 aromatic rings. The lowest BCUT2D eigenvalue weighted by molar-refractivity contribution is 0.117. The normalized spacial score (nSPS) is 17.2. The van der Waals surface area contributed by atoms with Crippen molar-refractivity contribution in [3.05, 3.63) is 30.5 Å². The molecule has 0 saturated carbocycles. The first-order valence-corrected chi connectivity index (χ1v) is 7.72. The second-order valence-corrected chi connectivity index (χ2v) is 6.83. The highest BCUT2D eigenvalue weighted by Gasteiger charge is 2.37. The summed E-state index contributed by atoms with van der Waals surface area (Å²) in [6.45, 7) is 0.696. The van der Waals surface area contributed by atoms with Crippen LogP contribution >= 0.6 is 0 Å². The van der Waals surface area contributed by atoms with E-state index in [4.69, 9.17) is 10.8 Å². The molecule has 20 heavy (non-hydrogen) atoms. The highest BCUT2D eigenvalue weighted by Crippen LogP contribution is 2.31. The molecule has 0 atom stereocenters. The zero-order valence-electron chi connectivity index (χ0n) is 10.7. The second kappa shape index (κ2) is 4.69. The molecule has 106 valence electrons. The third-order valence-electron chi connectivity index (χ3n) is 3.57. The van der Waals surface area contributed by atoms with Crippen LogP contribution in [0.1, 0.15) is 0 Å². The number of nitrogens with two attached hydrogens (primary N) is 1. The largest absolute Gasteiger partial charge is 0.398 e. The summed E-state index contributed by atoms with van der Waals surface area (Å²) in [5.74, 6) is 0.0257. The summed E-state index contributed by atoms with van der Waals surface area (Å²) in [6.07, 6.45) is 1.55. The topological polar surface area (TPSA) is 96.5 Å². The van der Waals surface area contributed by atoms with E-state index >= 15 is 0 Å². The van der Waals surface area contributed by atoms with E-state index in [1.807, 2.05) is 0 Å². The summed E-state index contributed by atoms with van der Waals surface area (Å²) in [7, 11) is -3.58. The van der Waals surface area contributed by atoms with Gasteiger partial charge in [0.1, 0.15) is 4.90 Å². The number of pyridine rings is 1. The van der Waals surface area contributed by atoms with Gasteiger partial charge >= 0.3 is 0 Å². The van der Waals surface area contributed by atoms with Gasteiger partial charge in [-0.15, -0.1) is 0 Å². The van der Waals surface area contributed by atoms with Gasteiger partial charge in [0.15, 0.2) is 0 Å². The van der Waals surface area contributed by atoms with Crippen molar-refractivity contribution >= 4 is 26.6 Å². The monoisotopic (exact) mass is 293 g/mol. The van der Waals surface area contributed by atoms with Gasteiger partial charge < -0.3 is 10.8 Å². The molecule has 0 radical (unpaired) electrons. The van der Waals surface area contributed by atoms with Gasteiger partial charge in [0, 0.05) is 42.9 Å². The van der Waals surface area contributed by atoms with Crippen molar-refractivity contribution in [2.75, 3.05) is 25.4 Å². The number of benzene rings is 1. The molecule has 7 heteroatoms. The predicted octanol–water partition coefficient (Wildman–Crippen LogP) is 0.430. The molecule has 0 unspecified atom stereocenters. The Labute approximate surface area is 116 Å². The van der Waals surface area contributed by atoms with Crippen molar-refractivity contribution in [2.45, 2.75) is 4.90 Å². The van der Waals surface area contributed by atoms with Crippen molar-refractivity contribution in [1.82, 2.24) is 9.29 Å². The van der Waals surface area contributed by atoms with E-state index in [-0.39, 0.29) is 17.4 Å². The molecule has 0 bridgehead atoms. The zero-order chi connectivity index (χ0) is 14.3. The molecular formula is C13H15N3O3S. The van der Waals surface area contributed by atoms with E-state index < -0.39 is 10.0 Å². The Kier molecular flexibility index (Phi) is 3.12. The molecule has 1 aromatic heterocycles. The summed E-state index contributed by atoms with van der Waals surface area (Å²) in [5.41, 5.74) is 6.75. The minimum atomic E-state index is -3.58. The lowest BCUT2D eigenvalue weighted by Gasteiger charge is -2.37. The van der Waals surface area contributed by atoms with E-state index in [0.29, 0.717) is 29.7 Å². The Morgan fingerprint density at radius 1 is 1.35 bits per heavy atom. The Balaban J connectivity index is 2.09. The quantitative estimate of drug-likeness (QED) is 0.800. The van der Waals surface area contributed by atoms with E-state index in [0.717, 1.165) is 0 Å². The number of nitrogen functional groups attached to an aromatic ring is 1. The molecule has 0 aliphatic carbocycles. The average Bonchev–Trinajstić information content (AvgIpc) is 2.37. The molecule has 1 aliphatic rings. The molecule has 1 aliphatic heterocycles. The van der Waals surface area contributed by atoms with Gasteiger partial charge in [-0.25, -0.2) is 8.42 Å². The number of fused-ring (bicyclic) bond motifs is 1. The summed E-state index contributed by atoms with van der Waals surface area (Å²) in [6, 6.07) is 6.55. The maximum atomic E-state index is 12.6. The molecule has 2 heterocycles. The minimum absolute atomic E-state index is 0.00670. The van der Waals surface area contributed by atoms with E-state index in [2.05, 4.69) is 4.98 Å². The smallest absolute Gasteiger partial charge is 0.245 e. The van der Waals surface area contributed by atoms with E-state index in [9.17, 15) is 8.42 Å². The number of hydrogen-bond acceptors (Lipinski definition) is 5. The van der Waals surface area contributed by atoms with Crippen LogP contribution in [0.3, 0.4) is 0 Å². The third-order valence-corrected chi connectivity index (χ3v) is 5.43. The number of nitrogens with zero attached hydrogens (tertiary/aromatic N) is 2. The number of aliphatic hydroxyl groups excluding tert-OH is 1. The molecule has 0 spiro atoms. The van der Waals surface area contributed by atoms with Gasteiger partial charge in [-0.3, -0.25) is 4.98 Å². The predicted molar refractivity (Wildman–Crippen MR) is 75.5 cm³/mol. The van der Waals surface area contributed by atoms with Crippen LogP contribution in [-0.2, 0) is 10.0 Å². The van der Waals surface area contributed by atoms with Crippen LogP contribution < -0.4 is 5.73 Å². The van der Waals surface area contributed by atoms with Gasteiger partial charge in [0.2, 0.25) is 10.0 Å². The van der Waals surface area contributed by atoms with Crippen molar-refractivity contribution in [1.29, 1.82) is 0 Å². The van der Waals surface area contributed by atoms with Crippen LogP contribution in [0.15, 0.2) is 35.4 Å². The molecule has 1 saturated heterocycles. The van der Waals surface area contributed by atoms with Gasteiger partial charge in [0.25, 0.3) is 0 Å². The fraction of sp³-hybridized carbons (Fsp3) is 0.308. The molecular weight excluding hydrogens is 278 g/mol. The summed E-state index contributed by atoms with van der Waals surface area (Å²) in [4.78, 5) is 4.32. The molecule has 3 rings (SSSR count). The third kappa shape index (κ3) is 1.94. The summed E-state index contributed by atoms with van der Waals surface area (Å²) >= 11 is 0. The first-order chi connectivity index (χ1) is 9.54.